The van der Waals surface area contributed by atoms with Gasteiger partial charge in [0, 0.05) is 22.4 Å². The lowest BCUT2D eigenvalue weighted by molar-refractivity contribution is -0.115. The summed E-state index contributed by atoms with van der Waals surface area (Å²) < 4.78 is 0. The van der Waals surface area contributed by atoms with Gasteiger partial charge in [0.15, 0.2) is 0 Å². The summed E-state index contributed by atoms with van der Waals surface area (Å²) in [5, 5.41) is 15.8. The third-order valence-electron chi connectivity index (χ3n) is 3.28. The van der Waals surface area contributed by atoms with Gasteiger partial charge in [0.2, 0.25) is 11.0 Å². The van der Waals surface area contributed by atoms with Crippen LogP contribution in [0.5, 0.6) is 0 Å². The molecule has 0 aliphatic carbocycles. The normalized spacial score (nSPS) is 11.0. The Morgan fingerprint density at radius 3 is 2.72 bits per heavy atom. The van der Waals surface area contributed by atoms with Crippen molar-refractivity contribution in [1.29, 1.82) is 0 Å². The summed E-state index contributed by atoms with van der Waals surface area (Å²) in [7, 11) is 0. The number of nitrogens with zero attached hydrogens (tertiary/aromatic N) is 3. The Kier molecular flexibility index (Phi) is 5.78. The van der Waals surface area contributed by atoms with Gasteiger partial charge in [-0.05, 0) is 18.1 Å². The van der Waals surface area contributed by atoms with Crippen molar-refractivity contribution in [3.8, 4) is 10.6 Å². The minimum Gasteiger partial charge on any atom is -0.300 e. The van der Waals surface area contributed by atoms with E-state index in [9.17, 15) is 4.79 Å². The van der Waals surface area contributed by atoms with Gasteiger partial charge < -0.3 is 5.32 Å². The Labute approximate surface area is 159 Å². The summed E-state index contributed by atoms with van der Waals surface area (Å²) in [5.74, 6) is 0.373. The van der Waals surface area contributed by atoms with E-state index >= 15 is 0 Å². The highest BCUT2D eigenvalue weighted by molar-refractivity contribution is 7.15. The minimum atomic E-state index is -0.139. The van der Waals surface area contributed by atoms with Gasteiger partial charge in [-0.25, -0.2) is 4.98 Å². The van der Waals surface area contributed by atoms with Crippen LogP contribution in [0.3, 0.4) is 0 Å². The molecule has 1 amide bonds. The monoisotopic (exact) mass is 392 g/mol. The molecular formula is C17H17ClN4OS2. The molecule has 0 spiro atoms. The fourth-order valence-corrected chi connectivity index (χ4v) is 4.10. The summed E-state index contributed by atoms with van der Waals surface area (Å²) in [6, 6.07) is 7.49. The predicted molar refractivity (Wildman–Crippen MR) is 103 cm³/mol. The number of nitrogens with one attached hydrogen (secondary N) is 1. The highest BCUT2D eigenvalue weighted by Crippen LogP contribution is 2.25. The molecule has 2 heterocycles. The van der Waals surface area contributed by atoms with E-state index in [1.54, 1.807) is 0 Å². The quantitative estimate of drug-likeness (QED) is 0.660. The largest absolute Gasteiger partial charge is 0.300 e. The molecule has 3 rings (SSSR count). The maximum Gasteiger partial charge on any atom is 0.232 e. The zero-order chi connectivity index (χ0) is 17.8. The number of hydrogen-bond donors (Lipinski definition) is 1. The topological polar surface area (TPSA) is 67.8 Å². The lowest BCUT2D eigenvalue weighted by Gasteiger charge is -1.99. The van der Waals surface area contributed by atoms with E-state index in [1.165, 1.54) is 22.7 Å². The molecule has 0 saturated heterocycles. The molecule has 130 valence electrons. The first-order chi connectivity index (χ1) is 12.0. The Bertz CT molecular complexity index is 858. The number of thiazole rings is 1. The van der Waals surface area contributed by atoms with Gasteiger partial charge in [0.1, 0.15) is 10.0 Å². The van der Waals surface area contributed by atoms with Crippen molar-refractivity contribution in [2.45, 2.75) is 26.7 Å². The standard InChI is InChI=1S/C17H17ClN4OS2/c1-10(2)7-15-21-22-17(25-15)20-14(23)8-13-9-24-16(19-13)11-3-5-12(18)6-4-11/h3-6,9-10H,7-8H2,1-2H3,(H,20,22,23). The molecule has 2 aromatic heterocycles. The number of halogens is 1. The van der Waals surface area contributed by atoms with Crippen LogP contribution in [0.4, 0.5) is 5.13 Å². The maximum atomic E-state index is 12.2. The third kappa shape index (κ3) is 5.07. The summed E-state index contributed by atoms with van der Waals surface area (Å²) in [4.78, 5) is 16.7. The molecule has 0 unspecified atom stereocenters. The van der Waals surface area contributed by atoms with Crippen molar-refractivity contribution >= 4 is 45.3 Å². The smallest absolute Gasteiger partial charge is 0.232 e. The maximum absolute atomic E-state index is 12.2. The highest BCUT2D eigenvalue weighted by Gasteiger charge is 2.12. The molecule has 0 aliphatic heterocycles. The third-order valence-corrected chi connectivity index (χ3v) is 5.33. The second-order valence-electron chi connectivity index (χ2n) is 5.97. The summed E-state index contributed by atoms with van der Waals surface area (Å²) >= 11 is 8.83. The van der Waals surface area contributed by atoms with Crippen LogP contribution in [-0.4, -0.2) is 21.1 Å². The Balaban J connectivity index is 1.60. The number of aromatic nitrogens is 3. The van der Waals surface area contributed by atoms with E-state index in [2.05, 4.69) is 34.3 Å². The lowest BCUT2D eigenvalue weighted by Crippen LogP contribution is -2.14. The summed E-state index contributed by atoms with van der Waals surface area (Å²) in [5.41, 5.74) is 1.72. The van der Waals surface area contributed by atoms with Gasteiger partial charge in [-0.15, -0.1) is 21.5 Å². The van der Waals surface area contributed by atoms with Gasteiger partial charge in [-0.2, -0.15) is 0 Å². The van der Waals surface area contributed by atoms with Crippen LogP contribution < -0.4 is 5.32 Å². The van der Waals surface area contributed by atoms with Gasteiger partial charge in [0.25, 0.3) is 0 Å². The molecular weight excluding hydrogens is 376 g/mol. The van der Waals surface area contributed by atoms with Gasteiger partial charge >= 0.3 is 0 Å². The number of amides is 1. The molecule has 1 aromatic carbocycles. The molecule has 0 bridgehead atoms. The summed E-state index contributed by atoms with van der Waals surface area (Å²) in [6.07, 6.45) is 1.08. The van der Waals surface area contributed by atoms with Crippen LogP contribution in [0.2, 0.25) is 5.02 Å². The van der Waals surface area contributed by atoms with Crippen molar-refractivity contribution in [2.75, 3.05) is 5.32 Å². The van der Waals surface area contributed by atoms with Crippen LogP contribution in [0.15, 0.2) is 29.6 Å². The molecule has 0 radical (unpaired) electrons. The van der Waals surface area contributed by atoms with E-state index in [0.717, 1.165) is 27.7 Å². The van der Waals surface area contributed by atoms with E-state index in [0.29, 0.717) is 16.1 Å². The zero-order valence-corrected chi connectivity index (χ0v) is 16.2. The molecule has 0 fully saturated rings. The fraction of sp³-hybridized carbons (Fsp3) is 0.294. The number of benzene rings is 1. The first-order valence-corrected chi connectivity index (χ1v) is 9.89. The number of carbonyl (C=O) groups is 1. The molecule has 0 saturated carbocycles. The highest BCUT2D eigenvalue weighted by atomic mass is 35.5. The fourth-order valence-electron chi connectivity index (χ4n) is 2.18. The average molecular weight is 393 g/mol. The second kappa shape index (κ2) is 8.03. The van der Waals surface area contributed by atoms with Crippen LogP contribution in [0.25, 0.3) is 10.6 Å². The van der Waals surface area contributed by atoms with Crippen molar-refractivity contribution < 1.29 is 4.79 Å². The molecule has 0 aliphatic rings. The predicted octanol–water partition coefficient (Wildman–Crippen LogP) is 4.69. The van der Waals surface area contributed by atoms with E-state index in [4.69, 9.17) is 11.6 Å². The van der Waals surface area contributed by atoms with E-state index in [-0.39, 0.29) is 12.3 Å². The second-order valence-corrected chi connectivity index (χ2v) is 8.33. The minimum absolute atomic E-state index is 0.139. The molecule has 5 nitrogen and oxygen atoms in total. The average Bonchev–Trinajstić information content (AvgIpc) is 3.17. The van der Waals surface area contributed by atoms with Crippen LogP contribution in [0.1, 0.15) is 24.5 Å². The molecule has 0 atom stereocenters. The van der Waals surface area contributed by atoms with Crippen LogP contribution in [0, 0.1) is 5.92 Å². The first-order valence-electron chi connectivity index (χ1n) is 7.82. The van der Waals surface area contributed by atoms with Gasteiger partial charge in [0.05, 0.1) is 12.1 Å². The molecule has 8 heteroatoms. The van der Waals surface area contributed by atoms with Crippen molar-refractivity contribution in [3.05, 3.63) is 45.4 Å². The summed E-state index contributed by atoms with van der Waals surface area (Å²) in [6.45, 7) is 4.25. The number of anilines is 1. The number of carbonyl (C=O) groups excluding carboxylic acids is 1. The molecule has 25 heavy (non-hydrogen) atoms. The van der Waals surface area contributed by atoms with E-state index in [1.807, 2.05) is 29.6 Å². The van der Waals surface area contributed by atoms with Crippen molar-refractivity contribution in [1.82, 2.24) is 15.2 Å². The Morgan fingerprint density at radius 1 is 1.24 bits per heavy atom. The molecule has 3 aromatic rings. The molecule has 1 N–H and O–H groups in total. The Morgan fingerprint density at radius 2 is 2.00 bits per heavy atom. The SMILES string of the molecule is CC(C)Cc1nnc(NC(=O)Cc2csc(-c3ccc(Cl)cc3)n2)s1. The van der Waals surface area contributed by atoms with Crippen molar-refractivity contribution in [2.24, 2.45) is 5.92 Å². The number of rotatable bonds is 6. The van der Waals surface area contributed by atoms with Crippen molar-refractivity contribution in [3.63, 3.8) is 0 Å². The van der Waals surface area contributed by atoms with Gasteiger partial charge in [-0.3, -0.25) is 4.79 Å². The van der Waals surface area contributed by atoms with Gasteiger partial charge in [-0.1, -0.05) is 48.9 Å². The van der Waals surface area contributed by atoms with E-state index < -0.39 is 0 Å². The lowest BCUT2D eigenvalue weighted by atomic mass is 10.1. The van der Waals surface area contributed by atoms with Crippen LogP contribution in [-0.2, 0) is 17.6 Å². The van der Waals surface area contributed by atoms with Crippen LogP contribution >= 0.6 is 34.3 Å². The first kappa shape index (κ1) is 18.0. The Hall–Kier alpha value is -1.83. The zero-order valence-electron chi connectivity index (χ0n) is 13.8. The number of hydrogen-bond acceptors (Lipinski definition) is 6.